The van der Waals surface area contributed by atoms with E-state index in [2.05, 4.69) is 20.1 Å². The average molecular weight is 387 g/mol. The first kappa shape index (κ1) is 18.7. The molecule has 3 aromatic heterocycles. The standard InChI is InChI=1S/C22H21N5O2/c1-14(2)29-22-9-16(6-7-23-22)20(28)10-21-24-11-17-5-4-15(8-19(17)26-21)18-12-25-27(3)13-18/h4-9,11-14H,10H2,1-3H3. The van der Waals surface area contributed by atoms with Crippen LogP contribution in [0.3, 0.4) is 0 Å². The number of aromatic nitrogens is 5. The zero-order valence-electron chi connectivity index (χ0n) is 16.5. The Balaban J connectivity index is 1.58. The number of fused-ring (bicyclic) bond motifs is 1. The molecule has 0 aliphatic rings. The molecule has 0 saturated heterocycles. The molecular formula is C22H21N5O2. The fraction of sp³-hybridized carbons (Fsp3) is 0.227. The van der Waals surface area contributed by atoms with Gasteiger partial charge in [-0.15, -0.1) is 0 Å². The number of benzene rings is 1. The van der Waals surface area contributed by atoms with Crippen molar-refractivity contribution in [2.75, 3.05) is 0 Å². The third-order valence-electron chi connectivity index (χ3n) is 4.40. The molecule has 0 atom stereocenters. The molecule has 0 saturated carbocycles. The maximum Gasteiger partial charge on any atom is 0.214 e. The number of pyridine rings is 1. The number of ether oxygens (including phenoxy) is 1. The molecule has 0 fully saturated rings. The fourth-order valence-corrected chi connectivity index (χ4v) is 3.03. The molecular weight excluding hydrogens is 366 g/mol. The molecule has 4 aromatic rings. The van der Waals surface area contributed by atoms with Crippen molar-refractivity contribution in [1.29, 1.82) is 0 Å². The first-order chi connectivity index (χ1) is 14.0. The summed E-state index contributed by atoms with van der Waals surface area (Å²) in [5.41, 5.74) is 3.36. The fourth-order valence-electron chi connectivity index (χ4n) is 3.03. The van der Waals surface area contributed by atoms with Gasteiger partial charge in [0.25, 0.3) is 0 Å². The van der Waals surface area contributed by atoms with Crippen molar-refractivity contribution in [1.82, 2.24) is 24.7 Å². The number of carbonyl (C=O) groups excluding carboxylic acids is 1. The van der Waals surface area contributed by atoms with E-state index in [0.29, 0.717) is 17.3 Å². The second-order valence-electron chi connectivity index (χ2n) is 7.11. The zero-order chi connectivity index (χ0) is 20.4. The Morgan fingerprint density at radius 1 is 1.10 bits per heavy atom. The molecule has 1 aromatic carbocycles. The van der Waals surface area contributed by atoms with E-state index in [9.17, 15) is 4.79 Å². The van der Waals surface area contributed by atoms with Gasteiger partial charge in [0.2, 0.25) is 5.88 Å². The van der Waals surface area contributed by atoms with E-state index in [1.165, 1.54) is 0 Å². The van der Waals surface area contributed by atoms with Crippen molar-refractivity contribution in [2.45, 2.75) is 26.4 Å². The van der Waals surface area contributed by atoms with E-state index in [0.717, 1.165) is 22.0 Å². The summed E-state index contributed by atoms with van der Waals surface area (Å²) in [5, 5.41) is 5.13. The first-order valence-electron chi connectivity index (χ1n) is 9.38. The Kier molecular flexibility index (Phi) is 5.03. The van der Waals surface area contributed by atoms with Gasteiger partial charge in [-0.25, -0.2) is 15.0 Å². The van der Waals surface area contributed by atoms with Crippen LogP contribution < -0.4 is 4.74 Å². The minimum atomic E-state index is -0.0798. The highest BCUT2D eigenvalue weighted by atomic mass is 16.5. The summed E-state index contributed by atoms with van der Waals surface area (Å²) in [5.74, 6) is 0.837. The van der Waals surface area contributed by atoms with Crippen molar-refractivity contribution >= 4 is 16.7 Å². The number of ketones is 1. The van der Waals surface area contributed by atoms with Crippen molar-refractivity contribution in [2.24, 2.45) is 7.05 Å². The van der Waals surface area contributed by atoms with Gasteiger partial charge in [-0.3, -0.25) is 9.48 Å². The summed E-state index contributed by atoms with van der Waals surface area (Å²) in [6.07, 6.45) is 7.19. The molecule has 7 heteroatoms. The van der Waals surface area contributed by atoms with Crippen LogP contribution in [0, 0.1) is 0 Å². The first-order valence-corrected chi connectivity index (χ1v) is 9.38. The number of aryl methyl sites for hydroxylation is 1. The highest BCUT2D eigenvalue weighted by Crippen LogP contribution is 2.23. The number of hydrogen-bond acceptors (Lipinski definition) is 6. The summed E-state index contributed by atoms with van der Waals surface area (Å²) in [6, 6.07) is 9.31. The second kappa shape index (κ2) is 7.79. The molecule has 29 heavy (non-hydrogen) atoms. The quantitative estimate of drug-likeness (QED) is 0.470. The maximum atomic E-state index is 12.7. The number of hydrogen-bond donors (Lipinski definition) is 0. The van der Waals surface area contributed by atoms with Gasteiger partial charge in [-0.1, -0.05) is 12.1 Å². The van der Waals surface area contributed by atoms with E-state index in [1.54, 1.807) is 29.2 Å². The van der Waals surface area contributed by atoms with Crippen LogP contribution in [0.1, 0.15) is 30.0 Å². The highest BCUT2D eigenvalue weighted by molar-refractivity contribution is 5.97. The minimum absolute atomic E-state index is 0.00863. The molecule has 0 amide bonds. The minimum Gasteiger partial charge on any atom is -0.475 e. The van der Waals surface area contributed by atoms with Crippen LogP contribution in [0.4, 0.5) is 0 Å². The van der Waals surface area contributed by atoms with E-state index in [-0.39, 0.29) is 18.3 Å². The van der Waals surface area contributed by atoms with Crippen molar-refractivity contribution in [3.8, 4) is 17.0 Å². The maximum absolute atomic E-state index is 12.7. The molecule has 3 heterocycles. The lowest BCUT2D eigenvalue weighted by Crippen LogP contribution is -2.10. The lowest BCUT2D eigenvalue weighted by Gasteiger charge is -2.09. The van der Waals surface area contributed by atoms with Crippen molar-refractivity contribution in [3.63, 3.8) is 0 Å². The smallest absolute Gasteiger partial charge is 0.214 e. The lowest BCUT2D eigenvalue weighted by atomic mass is 10.1. The van der Waals surface area contributed by atoms with Crippen LogP contribution >= 0.6 is 0 Å². The van der Waals surface area contributed by atoms with Gasteiger partial charge >= 0.3 is 0 Å². The van der Waals surface area contributed by atoms with Crippen LogP contribution in [0.5, 0.6) is 5.88 Å². The van der Waals surface area contributed by atoms with Crippen molar-refractivity contribution < 1.29 is 9.53 Å². The van der Waals surface area contributed by atoms with Crippen LogP contribution in [0.2, 0.25) is 0 Å². The SMILES string of the molecule is CC(C)Oc1cc(C(=O)Cc2ncc3ccc(-c4cnn(C)c4)cc3n2)ccn1. The monoisotopic (exact) mass is 387 g/mol. The van der Waals surface area contributed by atoms with Gasteiger partial charge in [0.15, 0.2) is 5.78 Å². The van der Waals surface area contributed by atoms with E-state index >= 15 is 0 Å². The number of Topliss-reactive ketones (excluding diaryl/α,β-unsaturated/α-hetero) is 1. The molecule has 0 N–H and O–H groups in total. The van der Waals surface area contributed by atoms with Gasteiger partial charge < -0.3 is 4.74 Å². The third-order valence-corrected chi connectivity index (χ3v) is 4.40. The van der Waals surface area contributed by atoms with E-state index < -0.39 is 0 Å². The second-order valence-corrected chi connectivity index (χ2v) is 7.11. The number of rotatable bonds is 6. The van der Waals surface area contributed by atoms with Gasteiger partial charge in [-0.05, 0) is 31.5 Å². The topological polar surface area (TPSA) is 82.8 Å². The van der Waals surface area contributed by atoms with Crippen LogP contribution in [0.25, 0.3) is 22.0 Å². The van der Waals surface area contributed by atoms with Gasteiger partial charge in [0.05, 0.1) is 24.2 Å². The zero-order valence-corrected chi connectivity index (χ0v) is 16.5. The average Bonchev–Trinajstić information content (AvgIpc) is 3.13. The van der Waals surface area contributed by atoms with Crippen LogP contribution in [-0.4, -0.2) is 36.6 Å². The normalized spacial score (nSPS) is 11.2. The highest BCUT2D eigenvalue weighted by Gasteiger charge is 2.12. The Hall–Kier alpha value is -3.61. The van der Waals surface area contributed by atoms with Gasteiger partial charge in [0.1, 0.15) is 5.82 Å². The Morgan fingerprint density at radius 2 is 1.97 bits per heavy atom. The van der Waals surface area contributed by atoms with Gasteiger partial charge in [0, 0.05) is 48.2 Å². The van der Waals surface area contributed by atoms with Crippen molar-refractivity contribution in [3.05, 3.63) is 66.5 Å². The van der Waals surface area contributed by atoms with E-state index in [4.69, 9.17) is 4.74 Å². The molecule has 7 nitrogen and oxygen atoms in total. The Morgan fingerprint density at radius 3 is 2.72 bits per heavy atom. The molecule has 4 rings (SSSR count). The van der Waals surface area contributed by atoms with Crippen LogP contribution in [-0.2, 0) is 13.5 Å². The molecule has 0 bridgehead atoms. The predicted molar refractivity (Wildman–Crippen MR) is 110 cm³/mol. The number of carbonyl (C=O) groups is 1. The Labute approximate surface area is 168 Å². The summed E-state index contributed by atoms with van der Waals surface area (Å²) < 4.78 is 7.33. The van der Waals surface area contributed by atoms with Crippen LogP contribution in [0.15, 0.2) is 55.1 Å². The Bertz CT molecular complexity index is 1180. The summed E-state index contributed by atoms with van der Waals surface area (Å²) in [6.45, 7) is 3.83. The molecule has 0 aliphatic carbocycles. The van der Waals surface area contributed by atoms with E-state index in [1.807, 2.05) is 51.5 Å². The predicted octanol–water partition coefficient (Wildman–Crippen LogP) is 3.64. The molecule has 0 radical (unpaired) electrons. The third kappa shape index (κ3) is 4.29. The largest absolute Gasteiger partial charge is 0.475 e. The lowest BCUT2D eigenvalue weighted by molar-refractivity contribution is 0.0990. The summed E-state index contributed by atoms with van der Waals surface area (Å²) in [4.78, 5) is 25.8. The number of nitrogens with zero attached hydrogens (tertiary/aromatic N) is 5. The van der Waals surface area contributed by atoms with Gasteiger partial charge in [-0.2, -0.15) is 5.10 Å². The summed E-state index contributed by atoms with van der Waals surface area (Å²) in [7, 11) is 1.88. The molecule has 0 spiro atoms. The summed E-state index contributed by atoms with van der Waals surface area (Å²) >= 11 is 0. The molecule has 146 valence electrons. The molecule has 0 aliphatic heterocycles. The molecule has 0 unspecified atom stereocenters.